The zero-order chi connectivity index (χ0) is 21.5. The number of allylic oxidation sites excluding steroid dienone is 1. The molecule has 0 aromatic heterocycles. The van der Waals surface area contributed by atoms with Crippen LogP contribution >= 0.6 is 0 Å². The smallest absolute Gasteiger partial charge is 0.328 e. The van der Waals surface area contributed by atoms with Crippen molar-refractivity contribution in [1.29, 1.82) is 0 Å². The van der Waals surface area contributed by atoms with Crippen LogP contribution in [0.4, 0.5) is 10.5 Å². The molecule has 3 rings (SSSR count). The summed E-state index contributed by atoms with van der Waals surface area (Å²) >= 11 is 0. The minimum Gasteiger partial charge on any atom is -0.478 e. The van der Waals surface area contributed by atoms with Crippen LogP contribution < -0.4 is 10.6 Å². The first-order chi connectivity index (χ1) is 14.4. The van der Waals surface area contributed by atoms with Crippen LogP contribution in [0.15, 0.2) is 60.7 Å². The van der Waals surface area contributed by atoms with Gasteiger partial charge in [-0.2, -0.15) is 0 Å². The first kappa shape index (κ1) is 20.9. The number of rotatable bonds is 6. The number of amides is 2. The van der Waals surface area contributed by atoms with Crippen molar-refractivity contribution in [2.24, 2.45) is 5.73 Å². The van der Waals surface area contributed by atoms with E-state index in [0.29, 0.717) is 31.7 Å². The second-order valence-corrected chi connectivity index (χ2v) is 6.90. The van der Waals surface area contributed by atoms with E-state index in [1.165, 1.54) is 12.2 Å². The van der Waals surface area contributed by atoms with E-state index in [-0.39, 0.29) is 5.78 Å². The number of ketones is 1. The number of primary amides is 1. The molecule has 1 fully saturated rings. The third-order valence-electron chi connectivity index (χ3n) is 4.89. The predicted octanol–water partition coefficient (Wildman–Crippen LogP) is 2.88. The fraction of sp³-hybridized carbons (Fsp3) is 0.174. The molecule has 3 N–H and O–H groups in total. The van der Waals surface area contributed by atoms with Crippen LogP contribution in [0.25, 0.3) is 12.2 Å². The second kappa shape index (κ2) is 9.56. The number of carboxylic acids is 1. The Hall–Kier alpha value is -3.87. The Labute approximate surface area is 174 Å². The van der Waals surface area contributed by atoms with Crippen molar-refractivity contribution in [3.05, 3.63) is 77.4 Å². The monoisotopic (exact) mass is 405 g/mol. The fourth-order valence-electron chi connectivity index (χ4n) is 3.18. The number of nitrogens with two attached hydrogens (primary N) is 1. The Morgan fingerprint density at radius 2 is 1.33 bits per heavy atom. The van der Waals surface area contributed by atoms with Crippen LogP contribution in [0.5, 0.6) is 0 Å². The van der Waals surface area contributed by atoms with Gasteiger partial charge in [0.2, 0.25) is 0 Å². The number of hydrogen-bond acceptors (Lipinski definition) is 4. The minimum atomic E-state index is -0.997. The second-order valence-electron chi connectivity index (χ2n) is 6.90. The van der Waals surface area contributed by atoms with E-state index in [4.69, 9.17) is 10.8 Å². The van der Waals surface area contributed by atoms with E-state index in [9.17, 15) is 14.4 Å². The van der Waals surface area contributed by atoms with Gasteiger partial charge in [-0.1, -0.05) is 30.3 Å². The molecule has 7 heteroatoms. The van der Waals surface area contributed by atoms with Gasteiger partial charge in [0.05, 0.1) is 0 Å². The van der Waals surface area contributed by atoms with Crippen LogP contribution in [-0.2, 0) is 4.79 Å². The predicted molar refractivity (Wildman–Crippen MR) is 116 cm³/mol. The molecule has 2 amide bonds. The summed E-state index contributed by atoms with van der Waals surface area (Å²) in [5.41, 5.74) is 8.52. The van der Waals surface area contributed by atoms with Crippen LogP contribution in [0.1, 0.15) is 21.5 Å². The quantitative estimate of drug-likeness (QED) is 0.568. The number of anilines is 1. The molecule has 0 bridgehead atoms. The first-order valence-corrected chi connectivity index (χ1v) is 9.55. The number of hydrogen-bond donors (Lipinski definition) is 2. The van der Waals surface area contributed by atoms with E-state index in [2.05, 4.69) is 4.90 Å². The SMILES string of the molecule is NC(=O)N1CCN(c2ccc(C(=O)/C=C/c3ccc(C=CC(=O)O)cc3)cc2)CC1. The molecule has 0 aliphatic carbocycles. The largest absolute Gasteiger partial charge is 0.478 e. The average Bonchev–Trinajstić information content (AvgIpc) is 2.77. The third-order valence-corrected chi connectivity index (χ3v) is 4.89. The molecule has 7 nitrogen and oxygen atoms in total. The van der Waals surface area contributed by atoms with Crippen molar-refractivity contribution in [3.8, 4) is 0 Å². The lowest BCUT2D eigenvalue weighted by atomic mass is 10.1. The molecule has 2 aromatic rings. The topological polar surface area (TPSA) is 104 Å². The molecule has 30 heavy (non-hydrogen) atoms. The molecule has 154 valence electrons. The zero-order valence-corrected chi connectivity index (χ0v) is 16.4. The van der Waals surface area contributed by atoms with Gasteiger partial charge in [0.25, 0.3) is 0 Å². The standard InChI is InChI=1S/C23H23N3O4/c24-23(30)26-15-13-25(14-16-26)20-9-7-19(8-10-20)21(27)11-5-17-1-3-18(4-2-17)6-12-22(28)29/h1-12H,13-16H2,(H2,24,30)(H,28,29)/b11-5+,12-6?. The number of aliphatic carboxylic acids is 1. The van der Waals surface area contributed by atoms with Crippen LogP contribution in [-0.4, -0.2) is 54.0 Å². The highest BCUT2D eigenvalue weighted by Gasteiger charge is 2.19. The van der Waals surface area contributed by atoms with Crippen LogP contribution in [0, 0.1) is 0 Å². The summed E-state index contributed by atoms with van der Waals surface area (Å²) in [5.74, 6) is -1.10. The number of benzene rings is 2. The molecular formula is C23H23N3O4. The number of carbonyl (C=O) groups is 3. The average molecular weight is 405 g/mol. The third kappa shape index (κ3) is 5.57. The van der Waals surface area contributed by atoms with Gasteiger partial charge < -0.3 is 20.6 Å². The maximum atomic E-state index is 12.4. The molecule has 0 atom stereocenters. The number of carbonyl (C=O) groups excluding carboxylic acids is 2. The van der Waals surface area contributed by atoms with Gasteiger partial charge in [0.1, 0.15) is 0 Å². The molecule has 0 spiro atoms. The van der Waals surface area contributed by atoms with Crippen LogP contribution in [0.3, 0.4) is 0 Å². The summed E-state index contributed by atoms with van der Waals surface area (Å²) < 4.78 is 0. The van der Waals surface area contributed by atoms with Gasteiger partial charge in [0, 0.05) is 43.5 Å². The van der Waals surface area contributed by atoms with Gasteiger partial charge in [-0.15, -0.1) is 0 Å². The Morgan fingerprint density at radius 1 is 0.800 bits per heavy atom. The molecule has 2 aromatic carbocycles. The molecule has 1 heterocycles. The van der Waals surface area contributed by atoms with Gasteiger partial charge in [-0.05, 0) is 47.5 Å². The van der Waals surface area contributed by atoms with Gasteiger partial charge in [-0.3, -0.25) is 4.79 Å². The molecule has 0 saturated carbocycles. The Balaban J connectivity index is 1.58. The molecule has 0 radical (unpaired) electrons. The van der Waals surface area contributed by atoms with E-state index in [0.717, 1.165) is 22.9 Å². The maximum Gasteiger partial charge on any atom is 0.328 e. The van der Waals surface area contributed by atoms with Gasteiger partial charge in [-0.25, -0.2) is 9.59 Å². The summed E-state index contributed by atoms with van der Waals surface area (Å²) in [6, 6.07) is 14.2. The van der Waals surface area contributed by atoms with Crippen molar-refractivity contribution in [2.75, 3.05) is 31.1 Å². The highest BCUT2D eigenvalue weighted by atomic mass is 16.4. The lowest BCUT2D eigenvalue weighted by molar-refractivity contribution is -0.131. The Morgan fingerprint density at radius 3 is 1.83 bits per heavy atom. The molecule has 1 saturated heterocycles. The fourth-order valence-corrected chi connectivity index (χ4v) is 3.18. The lowest BCUT2D eigenvalue weighted by Gasteiger charge is -2.35. The summed E-state index contributed by atoms with van der Waals surface area (Å²) in [7, 11) is 0. The number of urea groups is 1. The van der Waals surface area contributed by atoms with E-state index >= 15 is 0 Å². The van der Waals surface area contributed by atoms with Crippen molar-refractivity contribution < 1.29 is 19.5 Å². The van der Waals surface area contributed by atoms with Crippen molar-refractivity contribution in [3.63, 3.8) is 0 Å². The van der Waals surface area contributed by atoms with Gasteiger partial charge >= 0.3 is 12.0 Å². The van der Waals surface area contributed by atoms with E-state index < -0.39 is 12.0 Å². The first-order valence-electron chi connectivity index (χ1n) is 9.55. The lowest BCUT2D eigenvalue weighted by Crippen LogP contribution is -2.50. The summed E-state index contributed by atoms with van der Waals surface area (Å²) in [4.78, 5) is 38.0. The van der Waals surface area contributed by atoms with Crippen molar-refractivity contribution in [2.45, 2.75) is 0 Å². The minimum absolute atomic E-state index is 0.102. The van der Waals surface area contributed by atoms with E-state index in [1.807, 2.05) is 24.3 Å². The summed E-state index contributed by atoms with van der Waals surface area (Å²) in [6.45, 7) is 2.58. The highest BCUT2D eigenvalue weighted by molar-refractivity contribution is 6.07. The Kier molecular flexibility index (Phi) is 6.64. The van der Waals surface area contributed by atoms with Gasteiger partial charge in [0.15, 0.2) is 5.78 Å². The van der Waals surface area contributed by atoms with E-state index in [1.54, 1.807) is 35.2 Å². The summed E-state index contributed by atoms with van der Waals surface area (Å²) in [5, 5.41) is 8.65. The highest BCUT2D eigenvalue weighted by Crippen LogP contribution is 2.18. The van der Waals surface area contributed by atoms with Crippen molar-refractivity contribution in [1.82, 2.24) is 4.90 Å². The molecular weight excluding hydrogens is 382 g/mol. The summed E-state index contributed by atoms with van der Waals surface area (Å²) in [6.07, 6.45) is 5.83. The zero-order valence-electron chi connectivity index (χ0n) is 16.4. The number of carboxylic acid groups (broad SMARTS) is 1. The molecule has 1 aliphatic rings. The Bertz CT molecular complexity index is 971. The normalized spacial score (nSPS) is 14.4. The van der Waals surface area contributed by atoms with Crippen LogP contribution in [0.2, 0.25) is 0 Å². The number of piperazine rings is 1. The maximum absolute atomic E-state index is 12.4. The molecule has 0 unspecified atom stereocenters. The number of nitrogens with zero attached hydrogens (tertiary/aromatic N) is 2. The van der Waals surface area contributed by atoms with Crippen molar-refractivity contribution >= 4 is 35.6 Å². The molecule has 1 aliphatic heterocycles.